The van der Waals surface area contributed by atoms with Crippen LogP contribution in [-0.2, 0) is 0 Å². The van der Waals surface area contributed by atoms with Gasteiger partial charge in [-0.1, -0.05) is 11.8 Å². The summed E-state index contributed by atoms with van der Waals surface area (Å²) >= 11 is 0. The minimum absolute atomic E-state index is 0.663. The standard InChI is InChI=1S/C7H9BN3/c1-2-3-4-11-7-8(5-9)6-10/h2-4H2,1H3/q+1. The van der Waals surface area contributed by atoms with Gasteiger partial charge in [-0.25, -0.2) is 10.5 Å². The Morgan fingerprint density at radius 1 is 1.36 bits per heavy atom. The largest absolute Gasteiger partial charge is 0.557 e. The molecule has 0 rings (SSSR count). The summed E-state index contributed by atoms with van der Waals surface area (Å²) in [6.07, 6.45) is 2.05. The van der Waals surface area contributed by atoms with Crippen LogP contribution in [0.1, 0.15) is 19.8 Å². The molecule has 0 fully saturated rings. The fourth-order valence-electron chi connectivity index (χ4n) is 0.480. The van der Waals surface area contributed by atoms with Crippen LogP contribution in [0.4, 0.5) is 0 Å². The quantitative estimate of drug-likeness (QED) is 0.435. The number of nitrogens with zero attached hydrogens (tertiary/aromatic N) is 3. The lowest BCUT2D eigenvalue weighted by Gasteiger charge is -1.73. The van der Waals surface area contributed by atoms with Crippen LogP contribution in [0.15, 0.2) is 0 Å². The van der Waals surface area contributed by atoms with Gasteiger partial charge in [0, 0.05) is 6.42 Å². The fourth-order valence-corrected chi connectivity index (χ4v) is 0.480. The normalized spacial score (nSPS) is 6.82. The van der Waals surface area contributed by atoms with Crippen molar-refractivity contribution < 1.29 is 0 Å². The molecule has 0 saturated heterocycles. The highest BCUT2D eigenvalue weighted by molar-refractivity contribution is 6.81. The van der Waals surface area contributed by atoms with Crippen molar-refractivity contribution in [1.29, 1.82) is 10.5 Å². The Labute approximate surface area is 67.1 Å². The highest BCUT2D eigenvalue weighted by Crippen LogP contribution is 1.86. The molecule has 0 atom stereocenters. The predicted octanol–water partition coefficient (Wildman–Crippen LogP) is 1.28. The third-order valence-electron chi connectivity index (χ3n) is 1.10. The first-order chi connectivity index (χ1) is 5.35. The molecular weight excluding hydrogens is 137 g/mol. The van der Waals surface area contributed by atoms with Crippen molar-refractivity contribution in [2.45, 2.75) is 19.8 Å². The molecular formula is C7H9BN3+. The average molecular weight is 146 g/mol. The molecule has 0 aliphatic carbocycles. The van der Waals surface area contributed by atoms with E-state index in [-0.39, 0.29) is 0 Å². The van der Waals surface area contributed by atoms with Crippen LogP contribution in [0.25, 0.3) is 4.85 Å². The molecule has 54 valence electrons. The van der Waals surface area contributed by atoms with Crippen LogP contribution in [0, 0.1) is 28.4 Å². The van der Waals surface area contributed by atoms with Gasteiger partial charge in [-0.15, -0.1) is 0 Å². The fraction of sp³-hybridized carbons (Fsp3) is 0.571. The summed E-state index contributed by atoms with van der Waals surface area (Å²) in [5, 5.41) is 16.6. The summed E-state index contributed by atoms with van der Waals surface area (Å²) in [6.45, 7) is 1.92. The summed E-state index contributed by atoms with van der Waals surface area (Å²) in [6, 6.07) is 0. The third-order valence-corrected chi connectivity index (χ3v) is 1.10. The van der Waals surface area contributed by atoms with E-state index in [0.717, 1.165) is 12.8 Å². The summed E-state index contributed by atoms with van der Waals surface area (Å²) in [7, 11) is 0. The van der Waals surface area contributed by atoms with Crippen molar-refractivity contribution in [3.8, 4) is 17.9 Å². The summed E-state index contributed by atoms with van der Waals surface area (Å²) < 4.78 is 0. The molecule has 0 aliphatic heterocycles. The molecule has 0 bridgehead atoms. The Balaban J connectivity index is 3.70. The summed E-state index contributed by atoms with van der Waals surface area (Å²) in [4.78, 5) is 3.81. The van der Waals surface area contributed by atoms with Crippen LogP contribution in [0.3, 0.4) is 0 Å². The van der Waals surface area contributed by atoms with Gasteiger partial charge in [0.05, 0.1) is 11.9 Å². The molecule has 0 N–H and O–H groups in total. The minimum Gasteiger partial charge on any atom is -0.209 e. The molecule has 0 aliphatic rings. The number of nitriles is 2. The van der Waals surface area contributed by atoms with E-state index >= 15 is 0 Å². The summed E-state index contributed by atoms with van der Waals surface area (Å²) in [5.41, 5.74) is 0. The molecule has 0 spiro atoms. The Hall–Kier alpha value is -1.47. The average Bonchev–Trinajstić information content (AvgIpc) is 2.05. The molecule has 0 heterocycles. The van der Waals surface area contributed by atoms with Gasteiger partial charge in [0.25, 0.3) is 6.54 Å². The van der Waals surface area contributed by atoms with Gasteiger partial charge in [-0.05, 0) is 6.42 Å². The van der Waals surface area contributed by atoms with E-state index in [4.69, 9.17) is 10.5 Å². The molecule has 0 saturated carbocycles. The number of unbranched alkanes of at least 4 members (excludes halogenated alkanes) is 1. The van der Waals surface area contributed by atoms with Crippen LogP contribution >= 0.6 is 0 Å². The van der Waals surface area contributed by atoms with E-state index in [9.17, 15) is 0 Å². The first-order valence-corrected chi connectivity index (χ1v) is 3.56. The molecule has 3 nitrogen and oxygen atoms in total. The first kappa shape index (κ1) is 9.53. The van der Waals surface area contributed by atoms with E-state index in [1.54, 1.807) is 11.9 Å². The monoisotopic (exact) mass is 146 g/mol. The second-order valence-electron chi connectivity index (χ2n) is 2.06. The Morgan fingerprint density at radius 2 is 2.00 bits per heavy atom. The smallest absolute Gasteiger partial charge is 0.209 e. The highest BCUT2D eigenvalue weighted by Gasteiger charge is 2.17. The third kappa shape index (κ3) is 5.00. The lowest BCUT2D eigenvalue weighted by molar-refractivity contribution is 0.860. The van der Waals surface area contributed by atoms with Crippen LogP contribution in [-0.4, -0.2) is 13.3 Å². The Kier molecular flexibility index (Phi) is 5.77. The molecule has 0 aromatic rings. The topological polar surface area (TPSA) is 51.9 Å². The van der Waals surface area contributed by atoms with E-state index in [0.29, 0.717) is 6.54 Å². The molecule has 4 heteroatoms. The van der Waals surface area contributed by atoms with Crippen molar-refractivity contribution in [2.24, 2.45) is 0 Å². The lowest BCUT2D eigenvalue weighted by atomic mass is 9.55. The Bertz CT molecular complexity index is 223. The van der Waals surface area contributed by atoms with Gasteiger partial charge in [0.2, 0.25) is 5.97 Å². The maximum atomic E-state index is 8.29. The molecule has 0 unspecified atom stereocenters. The van der Waals surface area contributed by atoms with E-state index in [1.807, 2.05) is 0 Å². The molecule has 0 aromatic carbocycles. The van der Waals surface area contributed by atoms with Gasteiger partial charge in [0.1, 0.15) is 0 Å². The minimum atomic E-state index is -0.799. The lowest BCUT2D eigenvalue weighted by Crippen LogP contribution is -2.02. The number of hydrogen-bond acceptors (Lipinski definition) is 2. The van der Waals surface area contributed by atoms with E-state index < -0.39 is 6.71 Å². The molecule has 0 amide bonds. The number of hydrogen-bond donors (Lipinski definition) is 0. The number of rotatable bonds is 2. The van der Waals surface area contributed by atoms with Gasteiger partial charge < -0.3 is 0 Å². The second kappa shape index (κ2) is 6.65. The Morgan fingerprint density at radius 3 is 2.45 bits per heavy atom. The second-order valence-corrected chi connectivity index (χ2v) is 2.06. The van der Waals surface area contributed by atoms with Crippen LogP contribution < -0.4 is 0 Å². The van der Waals surface area contributed by atoms with Gasteiger partial charge in [-0.2, -0.15) is 0 Å². The SMILES string of the molecule is CCCC[N+]#CB(C#N)C#N. The maximum absolute atomic E-state index is 8.29. The van der Waals surface area contributed by atoms with Crippen molar-refractivity contribution in [1.82, 2.24) is 0 Å². The van der Waals surface area contributed by atoms with Crippen LogP contribution in [0.5, 0.6) is 0 Å². The van der Waals surface area contributed by atoms with Crippen molar-refractivity contribution in [2.75, 3.05) is 6.54 Å². The van der Waals surface area contributed by atoms with Gasteiger partial charge in [-0.3, -0.25) is 0 Å². The summed E-state index contributed by atoms with van der Waals surface area (Å²) in [5.74, 6) is 5.98. The molecule has 0 aromatic heterocycles. The molecule has 11 heavy (non-hydrogen) atoms. The van der Waals surface area contributed by atoms with Crippen LogP contribution in [0.2, 0.25) is 0 Å². The van der Waals surface area contributed by atoms with Crippen molar-refractivity contribution in [3.63, 3.8) is 0 Å². The zero-order chi connectivity index (χ0) is 8.53. The van der Waals surface area contributed by atoms with Crippen molar-refractivity contribution >= 4 is 6.71 Å². The zero-order valence-electron chi connectivity index (χ0n) is 6.54. The molecule has 0 radical (unpaired) electrons. The van der Waals surface area contributed by atoms with Crippen molar-refractivity contribution in [3.05, 3.63) is 4.85 Å². The highest BCUT2D eigenvalue weighted by atomic mass is 14.6. The van der Waals surface area contributed by atoms with Gasteiger partial charge >= 0.3 is 6.71 Å². The van der Waals surface area contributed by atoms with Gasteiger partial charge in [0.15, 0.2) is 0 Å². The maximum Gasteiger partial charge on any atom is 0.557 e. The zero-order valence-corrected chi connectivity index (χ0v) is 6.54. The van der Waals surface area contributed by atoms with E-state index in [1.165, 1.54) is 0 Å². The van der Waals surface area contributed by atoms with E-state index in [2.05, 4.69) is 17.7 Å². The predicted molar refractivity (Wildman–Crippen MR) is 44.0 cm³/mol. The first-order valence-electron chi connectivity index (χ1n) is 3.56.